The molecule has 1 atom stereocenters. The molecule has 0 saturated carbocycles. The van der Waals surface area contributed by atoms with Gasteiger partial charge in [0.2, 0.25) is 0 Å². The number of nitrogens with one attached hydrogen (secondary N) is 1. The van der Waals surface area contributed by atoms with E-state index in [0.717, 1.165) is 0 Å². The summed E-state index contributed by atoms with van der Waals surface area (Å²) < 4.78 is 0. The van der Waals surface area contributed by atoms with Gasteiger partial charge in [-0.25, -0.2) is 9.78 Å². The number of benzene rings is 1. The van der Waals surface area contributed by atoms with Crippen molar-refractivity contribution in [3.05, 3.63) is 47.2 Å². The van der Waals surface area contributed by atoms with Gasteiger partial charge >= 0.3 is 5.97 Å². The van der Waals surface area contributed by atoms with E-state index in [2.05, 4.69) is 10.3 Å². The average Bonchev–Trinajstić information content (AvgIpc) is 2.52. The maximum absolute atomic E-state index is 11.8. The molecule has 0 saturated heterocycles. The van der Waals surface area contributed by atoms with Crippen molar-refractivity contribution in [2.24, 2.45) is 0 Å². The number of carbonyl (C=O) groups excluding carboxylic acids is 1. The second kappa shape index (κ2) is 7.08. The average molecular weight is 337 g/mol. The Balaban J connectivity index is 2.16. The smallest absolute Gasteiger partial charge is 0.334 e. The highest BCUT2D eigenvalue weighted by atomic mass is 35.5. The predicted molar refractivity (Wildman–Crippen MR) is 82.3 cm³/mol. The SMILES string of the molecule is O=C(NC[C@H](O)C(=O)O)c1ncc(-c2cccc(Cl)c2)cc1O. The van der Waals surface area contributed by atoms with E-state index >= 15 is 0 Å². The molecule has 2 rings (SSSR count). The molecule has 1 aromatic heterocycles. The van der Waals surface area contributed by atoms with Crippen LogP contribution < -0.4 is 5.32 Å². The van der Waals surface area contributed by atoms with Crippen LogP contribution in [0.4, 0.5) is 0 Å². The summed E-state index contributed by atoms with van der Waals surface area (Å²) in [5.74, 6) is -2.62. The van der Waals surface area contributed by atoms with Gasteiger partial charge in [-0.1, -0.05) is 23.7 Å². The Hall–Kier alpha value is -2.64. The molecule has 2 aromatic rings. The summed E-state index contributed by atoms with van der Waals surface area (Å²) in [7, 11) is 0. The third-order valence-corrected chi connectivity index (χ3v) is 3.22. The van der Waals surface area contributed by atoms with Gasteiger partial charge in [0.05, 0.1) is 6.54 Å². The number of amides is 1. The number of rotatable bonds is 5. The number of carboxylic acid groups (broad SMARTS) is 1. The molecule has 0 bridgehead atoms. The van der Waals surface area contributed by atoms with Crippen LogP contribution in [0.2, 0.25) is 5.02 Å². The number of hydrogen-bond donors (Lipinski definition) is 4. The van der Waals surface area contributed by atoms with Crippen molar-refractivity contribution in [3.8, 4) is 16.9 Å². The molecule has 0 aliphatic heterocycles. The zero-order chi connectivity index (χ0) is 17.0. The van der Waals surface area contributed by atoms with E-state index < -0.39 is 24.5 Å². The zero-order valence-electron chi connectivity index (χ0n) is 11.7. The maximum atomic E-state index is 11.8. The molecule has 0 unspecified atom stereocenters. The number of hydrogen-bond acceptors (Lipinski definition) is 5. The minimum absolute atomic E-state index is 0.270. The standard InChI is InChI=1S/C15H13ClN2O5/c16-10-3-1-2-8(4-10)9-5-11(19)13(17-6-9)14(21)18-7-12(20)15(22)23/h1-6,12,19-20H,7H2,(H,18,21)(H,22,23)/t12-/m0/s1. The van der Waals surface area contributed by atoms with Crippen LogP contribution in [0, 0.1) is 0 Å². The number of aromatic nitrogens is 1. The van der Waals surface area contributed by atoms with Crippen LogP contribution in [0.3, 0.4) is 0 Å². The lowest BCUT2D eigenvalue weighted by atomic mass is 10.1. The van der Waals surface area contributed by atoms with Crippen molar-refractivity contribution < 1.29 is 24.9 Å². The van der Waals surface area contributed by atoms with Crippen LogP contribution in [0.15, 0.2) is 36.5 Å². The van der Waals surface area contributed by atoms with E-state index in [-0.39, 0.29) is 11.4 Å². The summed E-state index contributed by atoms with van der Waals surface area (Å²) in [6, 6.07) is 8.24. The Kier molecular flexibility index (Phi) is 5.15. The first kappa shape index (κ1) is 16.7. The van der Waals surface area contributed by atoms with Crippen molar-refractivity contribution in [1.29, 1.82) is 0 Å². The van der Waals surface area contributed by atoms with Crippen LogP contribution in [-0.2, 0) is 4.79 Å². The normalized spacial score (nSPS) is 11.7. The minimum Gasteiger partial charge on any atom is -0.505 e. The van der Waals surface area contributed by atoms with Crippen molar-refractivity contribution in [1.82, 2.24) is 10.3 Å². The monoisotopic (exact) mass is 336 g/mol. The Morgan fingerprint density at radius 2 is 2.00 bits per heavy atom. The molecule has 7 nitrogen and oxygen atoms in total. The molecule has 0 spiro atoms. The quantitative estimate of drug-likeness (QED) is 0.653. The van der Waals surface area contributed by atoms with E-state index in [1.807, 2.05) is 0 Å². The number of carboxylic acids is 1. The largest absolute Gasteiger partial charge is 0.505 e. The van der Waals surface area contributed by atoms with Crippen molar-refractivity contribution in [2.45, 2.75) is 6.10 Å². The van der Waals surface area contributed by atoms with Crippen LogP contribution in [0.1, 0.15) is 10.5 Å². The zero-order valence-corrected chi connectivity index (χ0v) is 12.5. The van der Waals surface area contributed by atoms with Crippen molar-refractivity contribution in [3.63, 3.8) is 0 Å². The second-order valence-electron chi connectivity index (χ2n) is 4.67. The third kappa shape index (κ3) is 4.18. The van der Waals surface area contributed by atoms with Gasteiger partial charge in [0.25, 0.3) is 5.91 Å². The highest BCUT2D eigenvalue weighted by Crippen LogP contribution is 2.26. The summed E-state index contributed by atoms with van der Waals surface area (Å²) in [6.45, 7) is -0.495. The highest BCUT2D eigenvalue weighted by Gasteiger charge is 2.18. The van der Waals surface area contributed by atoms with Gasteiger partial charge in [-0.15, -0.1) is 0 Å². The van der Waals surface area contributed by atoms with Crippen LogP contribution in [0.25, 0.3) is 11.1 Å². The molecule has 0 aliphatic carbocycles. The molecule has 1 aromatic carbocycles. The van der Waals surface area contributed by atoms with Crippen LogP contribution in [0.5, 0.6) is 5.75 Å². The minimum atomic E-state index is -1.73. The van der Waals surface area contributed by atoms with Gasteiger partial charge in [-0.3, -0.25) is 4.79 Å². The summed E-state index contributed by atoms with van der Waals surface area (Å²) in [4.78, 5) is 26.2. The van der Waals surface area contributed by atoms with Gasteiger partial charge in [0.1, 0.15) is 5.75 Å². The molecule has 0 fully saturated rings. The highest BCUT2D eigenvalue weighted by molar-refractivity contribution is 6.30. The Morgan fingerprint density at radius 1 is 1.26 bits per heavy atom. The van der Waals surface area contributed by atoms with E-state index in [9.17, 15) is 14.7 Å². The maximum Gasteiger partial charge on any atom is 0.334 e. The Morgan fingerprint density at radius 3 is 2.61 bits per heavy atom. The lowest BCUT2D eigenvalue weighted by Gasteiger charge is -2.09. The Labute approximate surface area is 136 Å². The van der Waals surface area contributed by atoms with Gasteiger partial charge in [-0.05, 0) is 23.8 Å². The first-order valence-corrected chi connectivity index (χ1v) is 6.90. The second-order valence-corrected chi connectivity index (χ2v) is 5.10. The molecule has 8 heteroatoms. The fourth-order valence-corrected chi connectivity index (χ4v) is 2.00. The lowest BCUT2D eigenvalue weighted by molar-refractivity contribution is -0.146. The van der Waals surface area contributed by atoms with Crippen molar-refractivity contribution in [2.75, 3.05) is 6.54 Å². The van der Waals surface area contributed by atoms with E-state index in [1.54, 1.807) is 24.3 Å². The summed E-state index contributed by atoms with van der Waals surface area (Å²) in [5, 5.41) is 30.3. The lowest BCUT2D eigenvalue weighted by Crippen LogP contribution is -2.36. The molecule has 1 amide bonds. The van der Waals surface area contributed by atoms with E-state index in [4.69, 9.17) is 21.8 Å². The van der Waals surface area contributed by atoms with Gasteiger partial charge < -0.3 is 20.6 Å². The first-order valence-electron chi connectivity index (χ1n) is 6.52. The topological polar surface area (TPSA) is 120 Å². The van der Waals surface area contributed by atoms with Crippen LogP contribution >= 0.6 is 11.6 Å². The fraction of sp³-hybridized carbons (Fsp3) is 0.133. The summed E-state index contributed by atoms with van der Waals surface area (Å²) in [5.41, 5.74) is 1.01. The third-order valence-electron chi connectivity index (χ3n) is 2.98. The predicted octanol–water partition coefficient (Wildman–Crippen LogP) is 1.28. The number of aliphatic carboxylic acids is 1. The molecule has 120 valence electrons. The number of halogens is 1. The fourth-order valence-electron chi connectivity index (χ4n) is 1.81. The van der Waals surface area contributed by atoms with E-state index in [0.29, 0.717) is 16.1 Å². The number of pyridine rings is 1. The molecule has 4 N–H and O–H groups in total. The molecule has 0 aliphatic rings. The number of aromatic hydroxyl groups is 1. The first-order chi connectivity index (χ1) is 10.9. The summed E-state index contributed by atoms with van der Waals surface area (Å²) >= 11 is 5.89. The van der Waals surface area contributed by atoms with Crippen LogP contribution in [-0.4, -0.2) is 44.8 Å². The van der Waals surface area contributed by atoms with Gasteiger partial charge in [0.15, 0.2) is 11.8 Å². The molecular weight excluding hydrogens is 324 g/mol. The molecular formula is C15H13ClN2O5. The van der Waals surface area contributed by atoms with Gasteiger partial charge in [0, 0.05) is 16.8 Å². The molecule has 23 heavy (non-hydrogen) atoms. The number of carbonyl (C=O) groups is 2. The van der Waals surface area contributed by atoms with Crippen molar-refractivity contribution >= 4 is 23.5 Å². The summed E-state index contributed by atoms with van der Waals surface area (Å²) in [6.07, 6.45) is -0.347. The van der Waals surface area contributed by atoms with E-state index in [1.165, 1.54) is 12.3 Å². The number of aliphatic hydroxyl groups is 1. The number of aliphatic hydroxyl groups excluding tert-OH is 1. The number of nitrogens with zero attached hydrogens (tertiary/aromatic N) is 1. The Bertz CT molecular complexity index is 750. The molecule has 1 heterocycles. The molecule has 0 radical (unpaired) electrons. The van der Waals surface area contributed by atoms with Gasteiger partial charge in [-0.2, -0.15) is 0 Å².